The molecule has 0 unspecified atom stereocenters. The number of nitrogens with two attached hydrogens (primary N) is 1. The van der Waals surface area contributed by atoms with E-state index < -0.39 is 5.95 Å². The van der Waals surface area contributed by atoms with E-state index in [1.807, 2.05) is 0 Å². The molecule has 2 aromatic rings. The first-order valence-electron chi connectivity index (χ1n) is 3.72. The Balaban J connectivity index is 2.87. The van der Waals surface area contributed by atoms with Crippen molar-refractivity contribution in [3.05, 3.63) is 24.0 Å². The zero-order chi connectivity index (χ0) is 9.42. The highest BCUT2D eigenvalue weighted by Crippen LogP contribution is 2.16. The number of nitrogen functional groups attached to an aromatic ring is 1. The Labute approximate surface area is 73.6 Å². The first-order valence-corrected chi connectivity index (χ1v) is 3.72. The third-order valence-electron chi connectivity index (χ3n) is 1.69. The van der Waals surface area contributed by atoms with Gasteiger partial charge in [0.2, 0.25) is 5.95 Å². The molecule has 0 saturated carbocycles. The molecule has 5 heteroatoms. The van der Waals surface area contributed by atoms with E-state index in [-0.39, 0.29) is 5.82 Å². The molecule has 0 bridgehead atoms. The van der Waals surface area contributed by atoms with Gasteiger partial charge in [-0.1, -0.05) is 0 Å². The topological polar surface area (TPSA) is 64.7 Å². The van der Waals surface area contributed by atoms with Gasteiger partial charge >= 0.3 is 0 Å². The van der Waals surface area contributed by atoms with Crippen LogP contribution in [0.25, 0.3) is 10.9 Å². The summed E-state index contributed by atoms with van der Waals surface area (Å²) in [5.41, 5.74) is 6.14. The maximum Gasteiger partial charge on any atom is 0.213 e. The number of aryl methyl sites for hydroxylation is 1. The molecule has 0 radical (unpaired) electrons. The average Bonchev–Trinajstić information content (AvgIpc) is 2.06. The van der Waals surface area contributed by atoms with Crippen molar-refractivity contribution in [3.8, 4) is 0 Å². The Hall–Kier alpha value is -1.78. The summed E-state index contributed by atoms with van der Waals surface area (Å²) in [7, 11) is 0. The van der Waals surface area contributed by atoms with Crippen LogP contribution < -0.4 is 5.73 Å². The quantitative estimate of drug-likeness (QED) is 0.612. The van der Waals surface area contributed by atoms with E-state index in [9.17, 15) is 4.39 Å². The van der Waals surface area contributed by atoms with E-state index in [4.69, 9.17) is 5.73 Å². The number of anilines is 1. The summed E-state index contributed by atoms with van der Waals surface area (Å²) in [5.74, 6) is 0.258. The minimum absolute atomic E-state index is 0.281. The van der Waals surface area contributed by atoms with Crippen molar-refractivity contribution in [2.24, 2.45) is 0 Å². The molecule has 2 aromatic heterocycles. The van der Waals surface area contributed by atoms with Gasteiger partial charge in [-0.3, -0.25) is 0 Å². The average molecular weight is 178 g/mol. The van der Waals surface area contributed by atoms with E-state index in [1.54, 1.807) is 6.92 Å². The van der Waals surface area contributed by atoms with Gasteiger partial charge in [-0.2, -0.15) is 4.39 Å². The molecule has 0 atom stereocenters. The predicted molar refractivity (Wildman–Crippen MR) is 46.4 cm³/mol. The monoisotopic (exact) mass is 178 g/mol. The molecule has 2 rings (SSSR count). The second-order valence-corrected chi connectivity index (χ2v) is 2.68. The second kappa shape index (κ2) is 2.62. The molecule has 0 aromatic carbocycles. The Morgan fingerprint density at radius 1 is 1.38 bits per heavy atom. The largest absolute Gasteiger partial charge is 0.383 e. The first-order chi connectivity index (χ1) is 6.16. The van der Waals surface area contributed by atoms with Crippen molar-refractivity contribution >= 4 is 16.7 Å². The lowest BCUT2D eigenvalue weighted by molar-refractivity contribution is 0.586. The van der Waals surface area contributed by atoms with Crippen LogP contribution in [-0.4, -0.2) is 15.0 Å². The Morgan fingerprint density at radius 2 is 2.15 bits per heavy atom. The molecule has 0 aliphatic heterocycles. The smallest absolute Gasteiger partial charge is 0.213 e. The van der Waals surface area contributed by atoms with Crippen molar-refractivity contribution in [2.75, 3.05) is 5.73 Å². The van der Waals surface area contributed by atoms with E-state index in [0.29, 0.717) is 16.7 Å². The summed E-state index contributed by atoms with van der Waals surface area (Å²) in [6.45, 7) is 1.72. The molecule has 0 aliphatic rings. The van der Waals surface area contributed by atoms with Gasteiger partial charge in [0, 0.05) is 11.5 Å². The van der Waals surface area contributed by atoms with Gasteiger partial charge in [-0.05, 0) is 6.92 Å². The third-order valence-corrected chi connectivity index (χ3v) is 1.69. The lowest BCUT2D eigenvalue weighted by atomic mass is 10.3. The highest BCUT2D eigenvalue weighted by Gasteiger charge is 2.03. The van der Waals surface area contributed by atoms with Crippen LogP contribution in [0.15, 0.2) is 12.3 Å². The molecule has 0 aliphatic carbocycles. The van der Waals surface area contributed by atoms with Gasteiger partial charge in [0.05, 0.1) is 11.7 Å². The molecule has 0 fully saturated rings. The van der Waals surface area contributed by atoms with Gasteiger partial charge in [-0.25, -0.2) is 15.0 Å². The molecule has 0 amide bonds. The summed E-state index contributed by atoms with van der Waals surface area (Å²) in [6, 6.07) is 1.23. The molecule has 13 heavy (non-hydrogen) atoms. The highest BCUT2D eigenvalue weighted by atomic mass is 19.1. The number of pyridine rings is 1. The molecule has 2 N–H and O–H groups in total. The van der Waals surface area contributed by atoms with Crippen LogP contribution >= 0.6 is 0 Å². The zero-order valence-corrected chi connectivity index (χ0v) is 6.95. The van der Waals surface area contributed by atoms with Gasteiger partial charge in [0.15, 0.2) is 0 Å². The first kappa shape index (κ1) is 7.85. The number of fused-ring (bicyclic) bond motifs is 1. The lowest BCUT2D eigenvalue weighted by Gasteiger charge is -2.00. The molecule has 2 heterocycles. The molecule has 66 valence electrons. The second-order valence-electron chi connectivity index (χ2n) is 2.68. The van der Waals surface area contributed by atoms with E-state index in [1.165, 1.54) is 12.3 Å². The minimum atomic E-state index is -0.577. The maximum absolute atomic E-state index is 12.7. The highest BCUT2D eigenvalue weighted by molar-refractivity contribution is 5.87. The number of aromatic nitrogens is 3. The number of hydrogen-bond donors (Lipinski definition) is 1. The van der Waals surface area contributed by atoms with Gasteiger partial charge in [0.1, 0.15) is 11.6 Å². The van der Waals surface area contributed by atoms with Crippen molar-refractivity contribution in [2.45, 2.75) is 6.92 Å². The van der Waals surface area contributed by atoms with E-state index in [0.717, 1.165) is 0 Å². The maximum atomic E-state index is 12.7. The molecular formula is C8H7FN4. The summed E-state index contributed by atoms with van der Waals surface area (Å²) in [6.07, 6.45) is 1.34. The Kier molecular flexibility index (Phi) is 1.58. The predicted octanol–water partition coefficient (Wildman–Crippen LogP) is 1.05. The van der Waals surface area contributed by atoms with Crippen LogP contribution in [-0.2, 0) is 0 Å². The van der Waals surface area contributed by atoms with Gasteiger partial charge in [-0.15, -0.1) is 0 Å². The van der Waals surface area contributed by atoms with Crippen molar-refractivity contribution in [3.63, 3.8) is 0 Å². The van der Waals surface area contributed by atoms with Crippen molar-refractivity contribution in [1.29, 1.82) is 0 Å². The van der Waals surface area contributed by atoms with Gasteiger partial charge < -0.3 is 5.73 Å². The van der Waals surface area contributed by atoms with Crippen molar-refractivity contribution < 1.29 is 4.39 Å². The number of nitrogens with zero attached hydrogens (tertiary/aromatic N) is 3. The fourth-order valence-electron chi connectivity index (χ4n) is 1.15. The molecular weight excluding hydrogens is 171 g/mol. The lowest BCUT2D eigenvalue weighted by Crippen LogP contribution is -1.98. The summed E-state index contributed by atoms with van der Waals surface area (Å²) >= 11 is 0. The number of halogens is 1. The normalized spacial score (nSPS) is 10.6. The Morgan fingerprint density at radius 3 is 2.92 bits per heavy atom. The SMILES string of the molecule is Cc1nc(N)c2cc(F)ncc2n1. The summed E-state index contributed by atoms with van der Waals surface area (Å²) < 4.78 is 12.7. The van der Waals surface area contributed by atoms with Crippen LogP contribution in [0.4, 0.5) is 10.2 Å². The summed E-state index contributed by atoms with van der Waals surface area (Å²) in [5, 5.41) is 0.498. The number of rotatable bonds is 0. The van der Waals surface area contributed by atoms with E-state index in [2.05, 4.69) is 15.0 Å². The third kappa shape index (κ3) is 1.28. The standard InChI is InChI=1S/C8H7FN4/c1-4-12-6-3-11-7(9)2-5(6)8(10)13-4/h2-3H,1H3,(H2,10,12,13). The Bertz CT molecular complexity index is 469. The molecule has 0 spiro atoms. The minimum Gasteiger partial charge on any atom is -0.383 e. The molecule has 4 nitrogen and oxygen atoms in total. The van der Waals surface area contributed by atoms with Crippen LogP contribution in [0.5, 0.6) is 0 Å². The zero-order valence-electron chi connectivity index (χ0n) is 6.95. The molecule has 0 saturated heterocycles. The fraction of sp³-hybridized carbons (Fsp3) is 0.125. The van der Waals surface area contributed by atoms with Crippen LogP contribution in [0.2, 0.25) is 0 Å². The van der Waals surface area contributed by atoms with Crippen LogP contribution in [0.1, 0.15) is 5.82 Å². The number of hydrogen-bond acceptors (Lipinski definition) is 4. The van der Waals surface area contributed by atoms with Crippen LogP contribution in [0.3, 0.4) is 0 Å². The van der Waals surface area contributed by atoms with Crippen LogP contribution in [0, 0.1) is 12.9 Å². The van der Waals surface area contributed by atoms with E-state index >= 15 is 0 Å². The fourth-order valence-corrected chi connectivity index (χ4v) is 1.15. The van der Waals surface area contributed by atoms with Gasteiger partial charge in [0.25, 0.3) is 0 Å². The van der Waals surface area contributed by atoms with Crippen molar-refractivity contribution in [1.82, 2.24) is 15.0 Å². The summed E-state index contributed by atoms with van der Waals surface area (Å²) in [4.78, 5) is 11.4.